The second kappa shape index (κ2) is 10.6. The van der Waals surface area contributed by atoms with Crippen molar-refractivity contribution in [2.45, 2.75) is 32.1 Å². The molecule has 0 radical (unpaired) electrons. The number of nitrogens with zero attached hydrogens (tertiary/aromatic N) is 2. The molecule has 1 amide bonds. The van der Waals surface area contributed by atoms with Gasteiger partial charge in [-0.3, -0.25) is 4.79 Å². The molecule has 2 heterocycles. The highest BCUT2D eigenvalue weighted by atomic mass is 32.1. The molecule has 0 bridgehead atoms. The number of carbonyl (C=O) groups excluding carboxylic acids is 1. The molecule has 1 aliphatic heterocycles. The lowest BCUT2D eigenvalue weighted by Crippen LogP contribution is -2.35. The Bertz CT molecular complexity index is 792. The maximum absolute atomic E-state index is 12.8. The zero-order chi connectivity index (χ0) is 20.6. The molecule has 1 aliphatic rings. The molecule has 158 valence electrons. The summed E-state index contributed by atoms with van der Waals surface area (Å²) in [5, 5.41) is 2.14. The fraction of sp³-hybridized carbons (Fsp3) is 0.522. The smallest absolute Gasteiger partial charge is 0.227 e. The van der Waals surface area contributed by atoms with Gasteiger partial charge in [0.25, 0.3) is 0 Å². The first-order valence-corrected chi connectivity index (χ1v) is 11.2. The van der Waals surface area contributed by atoms with E-state index in [1.807, 2.05) is 28.4 Å². The summed E-state index contributed by atoms with van der Waals surface area (Å²) >= 11 is 1.83. The van der Waals surface area contributed by atoms with E-state index >= 15 is 0 Å². The third kappa shape index (κ3) is 5.97. The molecule has 5 nitrogen and oxygen atoms in total. The van der Waals surface area contributed by atoms with Crippen LogP contribution in [0.1, 0.15) is 28.8 Å². The van der Waals surface area contributed by atoms with Gasteiger partial charge < -0.3 is 19.3 Å². The van der Waals surface area contributed by atoms with Crippen LogP contribution in [0.2, 0.25) is 0 Å². The Morgan fingerprint density at radius 3 is 2.52 bits per heavy atom. The maximum Gasteiger partial charge on any atom is 0.227 e. The van der Waals surface area contributed by atoms with Crippen LogP contribution in [0.5, 0.6) is 11.5 Å². The molecule has 0 fully saturated rings. The molecule has 29 heavy (non-hydrogen) atoms. The Morgan fingerprint density at radius 2 is 1.83 bits per heavy atom. The molecule has 3 rings (SSSR count). The number of ether oxygens (including phenoxy) is 2. The number of thiophene rings is 1. The van der Waals surface area contributed by atoms with Crippen molar-refractivity contribution in [3.05, 3.63) is 45.6 Å². The number of carbonyl (C=O) groups is 1. The van der Waals surface area contributed by atoms with Crippen LogP contribution >= 0.6 is 11.3 Å². The molecule has 6 heteroatoms. The van der Waals surface area contributed by atoms with Crippen molar-refractivity contribution >= 4 is 17.2 Å². The largest absolute Gasteiger partial charge is 0.493 e. The first-order valence-electron chi connectivity index (χ1n) is 10.3. The van der Waals surface area contributed by atoms with Crippen LogP contribution in [0.4, 0.5) is 0 Å². The lowest BCUT2D eigenvalue weighted by atomic mass is 10.0. The van der Waals surface area contributed by atoms with Crippen molar-refractivity contribution in [2.24, 2.45) is 0 Å². The Labute approximate surface area is 178 Å². The summed E-state index contributed by atoms with van der Waals surface area (Å²) in [5.74, 6) is 1.63. The third-order valence-electron chi connectivity index (χ3n) is 5.56. The van der Waals surface area contributed by atoms with E-state index in [1.165, 1.54) is 16.9 Å². The fourth-order valence-electron chi connectivity index (χ4n) is 3.87. The van der Waals surface area contributed by atoms with Gasteiger partial charge in [-0.15, -0.1) is 11.3 Å². The van der Waals surface area contributed by atoms with Gasteiger partial charge in [-0.05, 0) is 80.5 Å². The van der Waals surface area contributed by atoms with Gasteiger partial charge in [-0.1, -0.05) is 6.07 Å². The van der Waals surface area contributed by atoms with E-state index < -0.39 is 0 Å². The molecule has 1 aromatic carbocycles. The second-order valence-corrected chi connectivity index (χ2v) is 8.66. The van der Waals surface area contributed by atoms with Crippen molar-refractivity contribution in [1.29, 1.82) is 0 Å². The molecule has 2 aromatic rings. The molecular formula is C23H32N2O3S. The molecule has 0 spiro atoms. The van der Waals surface area contributed by atoms with E-state index in [9.17, 15) is 4.79 Å². The number of amides is 1. The van der Waals surface area contributed by atoms with Crippen molar-refractivity contribution in [2.75, 3.05) is 47.4 Å². The lowest BCUT2D eigenvalue weighted by molar-refractivity contribution is -0.130. The van der Waals surface area contributed by atoms with Gasteiger partial charge in [0.1, 0.15) is 0 Å². The standard InChI is InChI=1S/C23H32N2O3S/c1-24(10-4-7-20-8-5-14-29-20)11-6-12-25-13-9-18-15-21(27-2)22(28-3)16-19(18)17-23(25)26/h5,8,14-16H,4,6-7,9-13,17H2,1-3H3. The Morgan fingerprint density at radius 1 is 1.10 bits per heavy atom. The molecule has 0 N–H and O–H groups in total. The van der Waals surface area contributed by atoms with Gasteiger partial charge >= 0.3 is 0 Å². The molecule has 0 saturated carbocycles. The lowest BCUT2D eigenvalue weighted by Gasteiger charge is -2.22. The normalized spacial score (nSPS) is 14.1. The van der Waals surface area contributed by atoms with Crippen LogP contribution in [-0.2, 0) is 24.1 Å². The van der Waals surface area contributed by atoms with E-state index in [2.05, 4.69) is 29.5 Å². The number of fused-ring (bicyclic) bond motifs is 1. The first kappa shape index (κ1) is 21.7. The highest BCUT2D eigenvalue weighted by molar-refractivity contribution is 7.09. The summed E-state index contributed by atoms with van der Waals surface area (Å²) in [7, 11) is 5.45. The van der Waals surface area contributed by atoms with Crippen LogP contribution in [0.15, 0.2) is 29.6 Å². The number of hydrogen-bond donors (Lipinski definition) is 0. The van der Waals surface area contributed by atoms with Crippen molar-refractivity contribution in [1.82, 2.24) is 9.80 Å². The van der Waals surface area contributed by atoms with E-state index in [-0.39, 0.29) is 5.91 Å². The average molecular weight is 417 g/mol. The Hall–Kier alpha value is -2.05. The van der Waals surface area contributed by atoms with E-state index in [1.54, 1.807) is 14.2 Å². The number of methoxy groups -OCH3 is 2. The summed E-state index contributed by atoms with van der Waals surface area (Å²) in [5.41, 5.74) is 2.24. The zero-order valence-corrected chi connectivity index (χ0v) is 18.6. The Balaban J connectivity index is 1.45. The van der Waals surface area contributed by atoms with Gasteiger partial charge in [0, 0.05) is 18.0 Å². The summed E-state index contributed by atoms with van der Waals surface area (Å²) in [4.78, 5) is 18.6. The molecule has 0 atom stereocenters. The average Bonchev–Trinajstić information content (AvgIpc) is 3.18. The fourth-order valence-corrected chi connectivity index (χ4v) is 4.62. The summed E-state index contributed by atoms with van der Waals surface area (Å²) in [6, 6.07) is 8.30. The zero-order valence-electron chi connectivity index (χ0n) is 17.8. The number of benzene rings is 1. The van der Waals surface area contributed by atoms with Crippen molar-refractivity contribution in [3.63, 3.8) is 0 Å². The van der Waals surface area contributed by atoms with Gasteiger partial charge in [-0.25, -0.2) is 0 Å². The number of rotatable bonds is 10. The molecule has 0 aliphatic carbocycles. The highest BCUT2D eigenvalue weighted by Crippen LogP contribution is 2.32. The van der Waals surface area contributed by atoms with Crippen molar-refractivity contribution in [3.8, 4) is 11.5 Å². The van der Waals surface area contributed by atoms with Gasteiger partial charge in [-0.2, -0.15) is 0 Å². The summed E-state index contributed by atoms with van der Waals surface area (Å²) < 4.78 is 10.8. The van der Waals surface area contributed by atoms with Crippen molar-refractivity contribution < 1.29 is 14.3 Å². The quantitative estimate of drug-likeness (QED) is 0.593. The van der Waals surface area contributed by atoms with Crippen LogP contribution in [-0.4, -0.2) is 63.2 Å². The van der Waals surface area contributed by atoms with Gasteiger partial charge in [0.2, 0.25) is 5.91 Å². The third-order valence-corrected chi connectivity index (χ3v) is 6.50. The van der Waals surface area contributed by atoms with Crippen LogP contribution in [0, 0.1) is 0 Å². The number of hydrogen-bond acceptors (Lipinski definition) is 5. The molecular weight excluding hydrogens is 384 g/mol. The Kier molecular flexibility index (Phi) is 7.95. The molecule has 0 saturated heterocycles. The van der Waals surface area contributed by atoms with Gasteiger partial charge in [0.05, 0.1) is 20.6 Å². The van der Waals surface area contributed by atoms with E-state index in [0.29, 0.717) is 12.2 Å². The maximum atomic E-state index is 12.8. The van der Waals surface area contributed by atoms with E-state index in [0.717, 1.165) is 56.8 Å². The van der Waals surface area contributed by atoms with Crippen LogP contribution in [0.25, 0.3) is 0 Å². The minimum Gasteiger partial charge on any atom is -0.493 e. The minimum absolute atomic E-state index is 0.205. The topological polar surface area (TPSA) is 42.0 Å². The predicted octanol–water partition coefficient (Wildman–Crippen LogP) is 3.65. The summed E-state index contributed by atoms with van der Waals surface area (Å²) in [6.45, 7) is 3.69. The van der Waals surface area contributed by atoms with E-state index in [4.69, 9.17) is 9.47 Å². The first-order chi connectivity index (χ1) is 14.1. The van der Waals surface area contributed by atoms with Gasteiger partial charge in [0.15, 0.2) is 11.5 Å². The minimum atomic E-state index is 0.205. The molecule has 1 aromatic heterocycles. The predicted molar refractivity (Wildman–Crippen MR) is 118 cm³/mol. The van der Waals surface area contributed by atoms with Crippen LogP contribution in [0.3, 0.4) is 0 Å². The number of aryl methyl sites for hydroxylation is 1. The monoisotopic (exact) mass is 416 g/mol. The summed E-state index contributed by atoms with van der Waals surface area (Å²) in [6.07, 6.45) is 4.63. The highest BCUT2D eigenvalue weighted by Gasteiger charge is 2.22. The molecule has 0 unspecified atom stereocenters. The van der Waals surface area contributed by atoms with Crippen LogP contribution < -0.4 is 9.47 Å². The second-order valence-electron chi connectivity index (χ2n) is 7.62. The SMILES string of the molecule is COc1cc2c(cc1OC)CC(=O)N(CCCN(C)CCCc1cccs1)CC2.